The van der Waals surface area contributed by atoms with Crippen molar-refractivity contribution in [2.75, 3.05) is 0 Å². The number of pyridine rings is 1. The minimum Gasteiger partial charge on any atom is -0.337 e. The van der Waals surface area contributed by atoms with Crippen LogP contribution in [0.15, 0.2) is 39.3 Å². The van der Waals surface area contributed by atoms with Crippen LogP contribution in [-0.4, -0.2) is 15.1 Å². The van der Waals surface area contributed by atoms with Crippen molar-refractivity contribution in [1.82, 2.24) is 15.1 Å². The number of halogens is 1. The van der Waals surface area contributed by atoms with E-state index in [4.69, 9.17) is 10.3 Å². The first kappa shape index (κ1) is 13.2. The van der Waals surface area contributed by atoms with Gasteiger partial charge in [0, 0.05) is 9.86 Å². The van der Waals surface area contributed by atoms with Crippen molar-refractivity contribution >= 4 is 26.8 Å². The first-order valence-corrected chi connectivity index (χ1v) is 7.13. The fraction of sp³-hybridized carbons (Fsp3) is 0.214. The van der Waals surface area contributed by atoms with Crippen LogP contribution in [0.3, 0.4) is 0 Å². The van der Waals surface area contributed by atoms with E-state index in [-0.39, 0.29) is 6.04 Å². The normalized spacial score (nSPS) is 12.8. The Balaban J connectivity index is 2.09. The molecule has 1 atom stereocenters. The van der Waals surface area contributed by atoms with Crippen molar-refractivity contribution in [2.24, 2.45) is 5.73 Å². The molecule has 5 nitrogen and oxygen atoms in total. The highest BCUT2D eigenvalue weighted by Gasteiger charge is 2.17. The molecule has 0 radical (unpaired) electrons. The van der Waals surface area contributed by atoms with Crippen LogP contribution in [-0.2, 0) is 0 Å². The van der Waals surface area contributed by atoms with E-state index in [0.717, 1.165) is 21.8 Å². The lowest BCUT2D eigenvalue weighted by atomic mass is 10.2. The predicted octanol–water partition coefficient (Wildman–Crippen LogP) is 3.46. The van der Waals surface area contributed by atoms with E-state index in [1.54, 1.807) is 0 Å². The number of nitrogens with zero attached hydrogens (tertiary/aromatic N) is 3. The van der Waals surface area contributed by atoms with Gasteiger partial charge in [-0.25, -0.2) is 4.98 Å². The second-order valence-electron chi connectivity index (χ2n) is 4.48. The van der Waals surface area contributed by atoms with Gasteiger partial charge in [0.2, 0.25) is 11.7 Å². The van der Waals surface area contributed by atoms with E-state index in [9.17, 15) is 0 Å². The Morgan fingerprint density at radius 2 is 2.10 bits per heavy atom. The third-order valence-corrected chi connectivity index (χ3v) is 3.69. The largest absolute Gasteiger partial charge is 0.337 e. The Hall–Kier alpha value is -1.79. The maximum atomic E-state index is 5.89. The van der Waals surface area contributed by atoms with Gasteiger partial charge in [-0.1, -0.05) is 30.3 Å². The Kier molecular flexibility index (Phi) is 3.50. The molecule has 2 N–H and O–H groups in total. The molecular weight excluding hydrogens is 320 g/mol. The average molecular weight is 333 g/mol. The van der Waals surface area contributed by atoms with E-state index in [0.29, 0.717) is 17.4 Å². The van der Waals surface area contributed by atoms with Gasteiger partial charge in [0.25, 0.3) is 0 Å². The standard InChI is InChI=1S/C14H13BrN4O/c1-2-10(16)14-18-13(19-20-14)12-9(15)7-8-5-3-4-6-11(8)17-12/h3-7,10H,2,16H2,1H3. The molecular formula is C14H13BrN4O. The maximum absolute atomic E-state index is 5.89. The number of rotatable bonds is 3. The molecule has 102 valence electrons. The van der Waals surface area contributed by atoms with Crippen molar-refractivity contribution in [2.45, 2.75) is 19.4 Å². The molecule has 2 aromatic heterocycles. The molecule has 0 aliphatic rings. The van der Waals surface area contributed by atoms with Crippen molar-refractivity contribution < 1.29 is 4.52 Å². The first-order valence-electron chi connectivity index (χ1n) is 6.34. The summed E-state index contributed by atoms with van der Waals surface area (Å²) in [4.78, 5) is 8.89. The quantitative estimate of drug-likeness (QED) is 0.794. The van der Waals surface area contributed by atoms with Gasteiger partial charge in [-0.05, 0) is 34.5 Å². The zero-order valence-electron chi connectivity index (χ0n) is 10.9. The molecule has 1 unspecified atom stereocenters. The van der Waals surface area contributed by atoms with Crippen LogP contribution in [0.4, 0.5) is 0 Å². The Morgan fingerprint density at radius 3 is 2.90 bits per heavy atom. The molecule has 0 bridgehead atoms. The third kappa shape index (κ3) is 2.32. The Bertz CT molecular complexity index is 756. The van der Waals surface area contributed by atoms with E-state index in [1.165, 1.54) is 0 Å². The van der Waals surface area contributed by atoms with Gasteiger partial charge in [-0.2, -0.15) is 4.98 Å². The zero-order chi connectivity index (χ0) is 14.1. The van der Waals surface area contributed by atoms with Gasteiger partial charge >= 0.3 is 0 Å². The summed E-state index contributed by atoms with van der Waals surface area (Å²) < 4.78 is 6.02. The lowest BCUT2D eigenvalue weighted by Crippen LogP contribution is -2.08. The molecule has 0 saturated heterocycles. The highest BCUT2D eigenvalue weighted by Crippen LogP contribution is 2.28. The fourth-order valence-electron chi connectivity index (χ4n) is 1.90. The van der Waals surface area contributed by atoms with Gasteiger partial charge in [0.15, 0.2) is 0 Å². The minimum absolute atomic E-state index is 0.240. The van der Waals surface area contributed by atoms with E-state index in [1.807, 2.05) is 37.3 Å². The molecule has 20 heavy (non-hydrogen) atoms. The summed E-state index contributed by atoms with van der Waals surface area (Å²) in [6.45, 7) is 1.97. The van der Waals surface area contributed by atoms with Gasteiger partial charge in [0.05, 0.1) is 11.6 Å². The predicted molar refractivity (Wildman–Crippen MR) is 80.0 cm³/mol. The van der Waals surface area contributed by atoms with Crippen LogP contribution in [0.5, 0.6) is 0 Å². The number of hydrogen-bond donors (Lipinski definition) is 1. The monoisotopic (exact) mass is 332 g/mol. The summed E-state index contributed by atoms with van der Waals surface area (Å²) in [6.07, 6.45) is 0.744. The van der Waals surface area contributed by atoms with Gasteiger partial charge in [-0.15, -0.1) is 0 Å². The number of aromatic nitrogens is 3. The number of fused-ring (bicyclic) bond motifs is 1. The number of para-hydroxylation sites is 1. The van der Waals surface area contributed by atoms with Crippen LogP contribution in [0.1, 0.15) is 25.3 Å². The van der Waals surface area contributed by atoms with Gasteiger partial charge in [0.1, 0.15) is 5.69 Å². The van der Waals surface area contributed by atoms with E-state index in [2.05, 4.69) is 31.1 Å². The molecule has 0 aliphatic heterocycles. The van der Waals surface area contributed by atoms with Gasteiger partial charge < -0.3 is 10.3 Å². The molecule has 3 aromatic rings. The molecule has 3 rings (SSSR count). The van der Waals surface area contributed by atoms with E-state index < -0.39 is 0 Å². The highest BCUT2D eigenvalue weighted by atomic mass is 79.9. The molecule has 1 aromatic carbocycles. The summed E-state index contributed by atoms with van der Waals surface area (Å²) >= 11 is 3.50. The van der Waals surface area contributed by atoms with Crippen LogP contribution < -0.4 is 5.73 Å². The van der Waals surface area contributed by atoms with E-state index >= 15 is 0 Å². The van der Waals surface area contributed by atoms with Crippen molar-refractivity contribution in [3.05, 3.63) is 40.7 Å². The summed E-state index contributed by atoms with van der Waals surface area (Å²) in [6, 6.07) is 9.63. The average Bonchev–Trinajstić information content (AvgIpc) is 2.95. The molecule has 6 heteroatoms. The second-order valence-corrected chi connectivity index (χ2v) is 5.34. The summed E-state index contributed by atoms with van der Waals surface area (Å²) in [7, 11) is 0. The van der Waals surface area contributed by atoms with Crippen molar-refractivity contribution in [3.63, 3.8) is 0 Å². The molecule has 0 spiro atoms. The smallest absolute Gasteiger partial charge is 0.243 e. The lowest BCUT2D eigenvalue weighted by molar-refractivity contribution is 0.352. The maximum Gasteiger partial charge on any atom is 0.243 e. The highest BCUT2D eigenvalue weighted by molar-refractivity contribution is 9.10. The number of benzene rings is 1. The topological polar surface area (TPSA) is 77.8 Å². The minimum atomic E-state index is -0.240. The second kappa shape index (κ2) is 5.30. The third-order valence-electron chi connectivity index (χ3n) is 3.09. The molecule has 0 fully saturated rings. The SMILES string of the molecule is CCC(N)c1nc(-c2nc3ccccc3cc2Br)no1. The van der Waals surface area contributed by atoms with Crippen LogP contribution in [0.25, 0.3) is 22.4 Å². The van der Waals surface area contributed by atoms with Crippen molar-refractivity contribution in [3.8, 4) is 11.5 Å². The number of hydrogen-bond acceptors (Lipinski definition) is 5. The summed E-state index contributed by atoms with van der Waals surface area (Å²) in [5, 5.41) is 5.02. The summed E-state index contributed by atoms with van der Waals surface area (Å²) in [5.74, 6) is 0.880. The van der Waals surface area contributed by atoms with Crippen LogP contribution in [0, 0.1) is 0 Å². The van der Waals surface area contributed by atoms with Crippen molar-refractivity contribution in [1.29, 1.82) is 0 Å². The molecule has 0 amide bonds. The first-order chi connectivity index (χ1) is 9.69. The number of nitrogens with two attached hydrogens (primary N) is 1. The molecule has 2 heterocycles. The van der Waals surface area contributed by atoms with Crippen LogP contribution >= 0.6 is 15.9 Å². The van der Waals surface area contributed by atoms with Crippen LogP contribution in [0.2, 0.25) is 0 Å². The molecule has 0 aliphatic carbocycles. The zero-order valence-corrected chi connectivity index (χ0v) is 12.5. The summed E-state index contributed by atoms with van der Waals surface area (Å²) in [5.41, 5.74) is 7.43. The Labute approximate surface area is 124 Å². The Morgan fingerprint density at radius 1 is 1.30 bits per heavy atom. The van der Waals surface area contributed by atoms with Gasteiger partial charge in [-0.3, -0.25) is 0 Å². The lowest BCUT2D eigenvalue weighted by Gasteiger charge is -2.02. The fourth-order valence-corrected chi connectivity index (χ4v) is 2.42. The molecule has 0 saturated carbocycles.